The second-order valence-corrected chi connectivity index (χ2v) is 5.85. The fraction of sp³-hybridized carbons (Fsp3) is 0.158. The zero-order chi connectivity index (χ0) is 18.7. The van der Waals surface area contributed by atoms with Crippen molar-refractivity contribution in [3.63, 3.8) is 0 Å². The highest BCUT2D eigenvalue weighted by atomic mass is 16.5. The Bertz CT molecular complexity index is 1040. The lowest BCUT2D eigenvalue weighted by Gasteiger charge is -2.16. The number of hydrogen-bond donors (Lipinski definition) is 1. The molecule has 2 heterocycles. The minimum atomic E-state index is -0.507. The van der Waals surface area contributed by atoms with Crippen molar-refractivity contribution in [2.45, 2.75) is 13.5 Å². The fourth-order valence-electron chi connectivity index (χ4n) is 2.62. The smallest absolute Gasteiger partial charge is 0.266 e. The lowest BCUT2D eigenvalue weighted by atomic mass is 10.1. The van der Waals surface area contributed by atoms with E-state index in [9.17, 15) is 9.59 Å². The van der Waals surface area contributed by atoms with Gasteiger partial charge in [-0.3, -0.25) is 9.59 Å². The molecule has 0 spiro atoms. The molecule has 0 bridgehead atoms. The van der Waals surface area contributed by atoms with E-state index < -0.39 is 5.56 Å². The molecule has 1 aromatic carbocycles. The SMILES string of the molecule is Cc1c(C(=O)N(C)Cc2cc(-c3ccccc3)no2)c[nH]c(=O)c1C#N. The zero-order valence-electron chi connectivity index (χ0n) is 14.3. The highest BCUT2D eigenvalue weighted by Crippen LogP contribution is 2.20. The molecule has 7 heteroatoms. The number of nitriles is 1. The van der Waals surface area contributed by atoms with Crippen LogP contribution in [0.15, 0.2) is 51.9 Å². The predicted molar refractivity (Wildman–Crippen MR) is 94.3 cm³/mol. The number of carbonyl (C=O) groups is 1. The molecule has 130 valence electrons. The molecule has 7 nitrogen and oxygen atoms in total. The number of carbonyl (C=O) groups excluding carboxylic acids is 1. The standard InChI is InChI=1S/C19H16N4O3/c1-12-15(9-20)18(24)21-10-16(12)19(25)23(2)11-14-8-17(22-26-14)13-6-4-3-5-7-13/h3-8,10H,11H2,1-2H3,(H,21,24). The highest BCUT2D eigenvalue weighted by Gasteiger charge is 2.19. The third-order valence-electron chi connectivity index (χ3n) is 4.06. The van der Waals surface area contributed by atoms with Gasteiger partial charge in [-0.05, 0) is 12.5 Å². The molecule has 0 unspecified atom stereocenters. The van der Waals surface area contributed by atoms with Gasteiger partial charge in [-0.15, -0.1) is 0 Å². The van der Waals surface area contributed by atoms with Crippen molar-refractivity contribution in [1.82, 2.24) is 15.0 Å². The first-order valence-corrected chi connectivity index (χ1v) is 7.90. The zero-order valence-corrected chi connectivity index (χ0v) is 14.3. The molecule has 3 aromatic rings. The van der Waals surface area contributed by atoms with Crippen LogP contribution in [-0.4, -0.2) is 28.0 Å². The van der Waals surface area contributed by atoms with Gasteiger partial charge in [0, 0.05) is 24.9 Å². The minimum absolute atomic E-state index is 0.0599. The maximum Gasteiger partial charge on any atom is 0.266 e. The molecule has 1 N–H and O–H groups in total. The van der Waals surface area contributed by atoms with E-state index in [1.165, 1.54) is 11.1 Å². The normalized spacial score (nSPS) is 10.3. The summed E-state index contributed by atoms with van der Waals surface area (Å²) in [5.74, 6) is 0.204. The number of benzene rings is 1. The molecule has 0 aliphatic heterocycles. The molecular formula is C19H16N4O3. The van der Waals surface area contributed by atoms with E-state index in [0.717, 1.165) is 5.56 Å². The number of amides is 1. The molecule has 1 amide bonds. The second-order valence-electron chi connectivity index (χ2n) is 5.85. The average molecular weight is 348 g/mol. The molecule has 0 radical (unpaired) electrons. The monoisotopic (exact) mass is 348 g/mol. The van der Waals surface area contributed by atoms with Crippen LogP contribution >= 0.6 is 0 Å². The lowest BCUT2D eigenvalue weighted by molar-refractivity contribution is 0.0771. The van der Waals surface area contributed by atoms with Crippen LogP contribution in [0.25, 0.3) is 11.3 Å². The van der Waals surface area contributed by atoms with E-state index in [1.54, 1.807) is 20.0 Å². The number of aromatic amines is 1. The van der Waals surface area contributed by atoms with Gasteiger partial charge in [0.15, 0.2) is 5.76 Å². The summed E-state index contributed by atoms with van der Waals surface area (Å²) in [5, 5.41) is 13.1. The van der Waals surface area contributed by atoms with Crippen molar-refractivity contribution in [2.24, 2.45) is 0 Å². The molecule has 0 atom stereocenters. The number of pyridine rings is 1. The molecule has 3 rings (SSSR count). The number of hydrogen-bond acceptors (Lipinski definition) is 5. The summed E-state index contributed by atoms with van der Waals surface area (Å²) in [6.07, 6.45) is 1.33. The molecule has 0 saturated heterocycles. The Kier molecular flexibility index (Phi) is 4.67. The molecule has 26 heavy (non-hydrogen) atoms. The molecule has 0 saturated carbocycles. The van der Waals surface area contributed by atoms with E-state index in [2.05, 4.69) is 10.1 Å². The largest absolute Gasteiger partial charge is 0.359 e. The Labute approximate surface area is 149 Å². The maximum absolute atomic E-state index is 12.7. The van der Waals surface area contributed by atoms with Gasteiger partial charge in [0.1, 0.15) is 17.3 Å². The van der Waals surface area contributed by atoms with Crippen molar-refractivity contribution in [1.29, 1.82) is 5.26 Å². The van der Waals surface area contributed by atoms with E-state index in [-0.39, 0.29) is 23.6 Å². The fourth-order valence-corrected chi connectivity index (χ4v) is 2.62. The van der Waals surface area contributed by atoms with Crippen molar-refractivity contribution >= 4 is 5.91 Å². The molecule has 0 fully saturated rings. The van der Waals surface area contributed by atoms with Crippen LogP contribution < -0.4 is 5.56 Å². The average Bonchev–Trinajstić information content (AvgIpc) is 3.11. The molecular weight excluding hydrogens is 332 g/mol. The van der Waals surface area contributed by atoms with E-state index in [1.807, 2.05) is 36.4 Å². The summed E-state index contributed by atoms with van der Waals surface area (Å²) < 4.78 is 5.32. The molecule has 0 aliphatic carbocycles. The molecule has 0 aliphatic rings. The maximum atomic E-state index is 12.7. The van der Waals surface area contributed by atoms with Crippen LogP contribution in [0.4, 0.5) is 0 Å². The summed E-state index contributed by atoms with van der Waals surface area (Å²) in [4.78, 5) is 28.1. The Balaban J connectivity index is 1.80. The van der Waals surface area contributed by atoms with E-state index in [4.69, 9.17) is 9.78 Å². The van der Waals surface area contributed by atoms with Gasteiger partial charge in [-0.2, -0.15) is 5.26 Å². The number of nitrogens with zero attached hydrogens (tertiary/aromatic N) is 3. The Hall–Kier alpha value is -3.66. The van der Waals surface area contributed by atoms with Gasteiger partial charge in [-0.25, -0.2) is 0 Å². The number of nitrogens with one attached hydrogen (secondary N) is 1. The first-order valence-electron chi connectivity index (χ1n) is 7.90. The third-order valence-corrected chi connectivity index (χ3v) is 4.06. The number of rotatable bonds is 4. The van der Waals surface area contributed by atoms with Gasteiger partial charge in [0.25, 0.3) is 11.5 Å². The number of aromatic nitrogens is 2. The highest BCUT2D eigenvalue weighted by molar-refractivity contribution is 5.95. The van der Waals surface area contributed by atoms with Crippen LogP contribution in [-0.2, 0) is 6.54 Å². The van der Waals surface area contributed by atoms with Crippen molar-refractivity contribution in [3.8, 4) is 17.3 Å². The minimum Gasteiger partial charge on any atom is -0.359 e. The number of H-pyrrole nitrogens is 1. The summed E-state index contributed by atoms with van der Waals surface area (Å²) >= 11 is 0. The van der Waals surface area contributed by atoms with Crippen molar-refractivity contribution in [3.05, 3.63) is 75.4 Å². The summed E-state index contributed by atoms with van der Waals surface area (Å²) in [5.41, 5.74) is 1.67. The lowest BCUT2D eigenvalue weighted by Crippen LogP contribution is -2.28. The molecule has 2 aromatic heterocycles. The topological polar surface area (TPSA) is 103 Å². The Morgan fingerprint density at radius 2 is 2.08 bits per heavy atom. The summed E-state index contributed by atoms with van der Waals surface area (Å²) in [7, 11) is 1.61. The third kappa shape index (κ3) is 3.26. The van der Waals surface area contributed by atoms with Crippen LogP contribution in [0, 0.1) is 18.3 Å². The van der Waals surface area contributed by atoms with E-state index in [0.29, 0.717) is 17.0 Å². The first kappa shape index (κ1) is 17.2. The van der Waals surface area contributed by atoms with Crippen LogP contribution in [0.1, 0.15) is 27.2 Å². The summed E-state index contributed by atoms with van der Waals surface area (Å²) in [6, 6.07) is 13.2. The van der Waals surface area contributed by atoms with Gasteiger partial charge in [0.2, 0.25) is 0 Å². The van der Waals surface area contributed by atoms with Gasteiger partial charge in [-0.1, -0.05) is 35.5 Å². The van der Waals surface area contributed by atoms with Crippen LogP contribution in [0.2, 0.25) is 0 Å². The van der Waals surface area contributed by atoms with Crippen molar-refractivity contribution in [2.75, 3.05) is 7.05 Å². The summed E-state index contributed by atoms with van der Waals surface area (Å²) in [6.45, 7) is 1.79. The Morgan fingerprint density at radius 1 is 1.35 bits per heavy atom. The van der Waals surface area contributed by atoms with E-state index >= 15 is 0 Å². The predicted octanol–water partition coefficient (Wildman–Crippen LogP) is 2.48. The quantitative estimate of drug-likeness (QED) is 0.780. The van der Waals surface area contributed by atoms with Gasteiger partial charge >= 0.3 is 0 Å². The van der Waals surface area contributed by atoms with Crippen LogP contribution in [0.5, 0.6) is 0 Å². The second kappa shape index (κ2) is 7.07. The van der Waals surface area contributed by atoms with Gasteiger partial charge < -0.3 is 14.4 Å². The first-order chi connectivity index (χ1) is 12.5. The van der Waals surface area contributed by atoms with Crippen LogP contribution in [0.3, 0.4) is 0 Å². The van der Waals surface area contributed by atoms with Crippen molar-refractivity contribution < 1.29 is 9.32 Å². The van der Waals surface area contributed by atoms with Gasteiger partial charge in [0.05, 0.1) is 12.1 Å². The Morgan fingerprint density at radius 3 is 2.77 bits per heavy atom.